The lowest BCUT2D eigenvalue weighted by Crippen LogP contribution is -2.13. The largest absolute Gasteiger partial charge is 0.420 e. The van der Waals surface area contributed by atoms with Crippen molar-refractivity contribution in [2.75, 3.05) is 0 Å². The van der Waals surface area contributed by atoms with Crippen molar-refractivity contribution in [1.29, 1.82) is 0 Å². The first-order chi connectivity index (χ1) is 7.99. The van der Waals surface area contributed by atoms with Crippen LogP contribution < -0.4 is 5.76 Å². The Balaban J connectivity index is 2.64. The topological polar surface area (TPSA) is 78.3 Å². The lowest BCUT2D eigenvalue weighted by molar-refractivity contribution is -0.384. The van der Waals surface area contributed by atoms with Crippen LogP contribution in [0.2, 0.25) is 0 Å². The van der Waals surface area contributed by atoms with Gasteiger partial charge in [-0.2, -0.15) is 0 Å². The van der Waals surface area contributed by atoms with Gasteiger partial charge >= 0.3 is 5.76 Å². The number of nitrogens with zero attached hydrogens (tertiary/aromatic N) is 2. The molecule has 7 heteroatoms. The maximum atomic E-state index is 11.5. The van der Waals surface area contributed by atoms with Gasteiger partial charge in [0.1, 0.15) is 0 Å². The molecule has 0 aliphatic heterocycles. The van der Waals surface area contributed by atoms with Gasteiger partial charge in [0.25, 0.3) is 5.69 Å². The van der Waals surface area contributed by atoms with Crippen LogP contribution in [0.15, 0.2) is 38.5 Å². The van der Waals surface area contributed by atoms with Crippen LogP contribution in [0.3, 0.4) is 0 Å². The number of aromatic nitrogens is 1. The third-order valence-corrected chi connectivity index (χ3v) is 2.44. The summed E-state index contributed by atoms with van der Waals surface area (Å²) in [6.45, 7) is 3.88. The van der Waals surface area contributed by atoms with Gasteiger partial charge in [-0.25, -0.2) is 4.79 Å². The van der Waals surface area contributed by atoms with E-state index in [9.17, 15) is 14.9 Å². The number of allylic oxidation sites excluding steroid dienone is 1. The Bertz CT molecular complexity index is 670. The Morgan fingerprint density at radius 2 is 2.29 bits per heavy atom. The molecule has 0 bridgehead atoms. The van der Waals surface area contributed by atoms with Gasteiger partial charge in [0.2, 0.25) is 0 Å². The third-order valence-electron chi connectivity index (χ3n) is 2.19. The molecule has 2 rings (SSSR count). The Labute approximate surface area is 103 Å². The third kappa shape index (κ3) is 2.14. The molecule has 0 saturated heterocycles. The molecule has 0 unspecified atom stereocenters. The van der Waals surface area contributed by atoms with Crippen molar-refractivity contribution in [3.8, 4) is 0 Å². The molecule has 6 nitrogen and oxygen atoms in total. The second-order valence-electron chi connectivity index (χ2n) is 3.38. The average molecular weight is 299 g/mol. The van der Waals surface area contributed by atoms with Crippen molar-refractivity contribution in [1.82, 2.24) is 4.57 Å². The Kier molecular flexibility index (Phi) is 2.84. The van der Waals surface area contributed by atoms with Gasteiger partial charge in [-0.05, 0) is 6.07 Å². The molecule has 17 heavy (non-hydrogen) atoms. The van der Waals surface area contributed by atoms with Crippen molar-refractivity contribution < 1.29 is 9.34 Å². The van der Waals surface area contributed by atoms with Crippen LogP contribution >= 0.6 is 15.9 Å². The van der Waals surface area contributed by atoms with Gasteiger partial charge in [-0.15, -0.1) is 0 Å². The SMILES string of the molecule is C=C(Br)Cn1c(=O)oc2cc([N+](=O)[O-])ccc21. The number of hydrogen-bond acceptors (Lipinski definition) is 4. The summed E-state index contributed by atoms with van der Waals surface area (Å²) in [5, 5.41) is 10.6. The molecule has 0 amide bonds. The average Bonchev–Trinajstić information content (AvgIpc) is 2.54. The number of hydrogen-bond donors (Lipinski definition) is 0. The summed E-state index contributed by atoms with van der Waals surface area (Å²) < 4.78 is 6.89. The summed E-state index contributed by atoms with van der Waals surface area (Å²) in [7, 11) is 0. The van der Waals surface area contributed by atoms with Crippen LogP contribution in [-0.4, -0.2) is 9.49 Å². The van der Waals surface area contributed by atoms with E-state index in [1.807, 2.05) is 0 Å². The predicted octanol–water partition coefficient (Wildman–Crippen LogP) is 2.41. The van der Waals surface area contributed by atoms with E-state index in [4.69, 9.17) is 4.42 Å². The predicted molar refractivity (Wildman–Crippen MR) is 65.2 cm³/mol. The minimum absolute atomic E-state index is 0.115. The van der Waals surface area contributed by atoms with Crippen LogP contribution in [0.25, 0.3) is 11.1 Å². The molecule has 0 aliphatic rings. The van der Waals surface area contributed by atoms with E-state index in [0.29, 0.717) is 10.00 Å². The Morgan fingerprint density at radius 3 is 2.88 bits per heavy atom. The number of benzene rings is 1. The zero-order valence-electron chi connectivity index (χ0n) is 8.55. The quantitative estimate of drug-likeness (QED) is 0.644. The van der Waals surface area contributed by atoms with Gasteiger partial charge in [-0.1, -0.05) is 22.5 Å². The number of oxazole rings is 1. The maximum absolute atomic E-state index is 11.5. The molecule has 0 spiro atoms. The first-order valence-corrected chi connectivity index (χ1v) is 5.39. The summed E-state index contributed by atoms with van der Waals surface area (Å²) in [5.41, 5.74) is 0.579. The molecule has 88 valence electrons. The normalized spacial score (nSPS) is 10.6. The molecule has 0 radical (unpaired) electrons. The summed E-state index contributed by atoms with van der Waals surface area (Å²) in [4.78, 5) is 21.5. The molecule has 0 saturated carbocycles. The second kappa shape index (κ2) is 4.17. The van der Waals surface area contributed by atoms with E-state index < -0.39 is 10.7 Å². The van der Waals surface area contributed by atoms with Crippen molar-refractivity contribution in [3.63, 3.8) is 0 Å². The van der Waals surface area contributed by atoms with E-state index in [0.717, 1.165) is 0 Å². The molecule has 0 N–H and O–H groups in total. The molecule has 0 atom stereocenters. The highest BCUT2D eigenvalue weighted by Crippen LogP contribution is 2.20. The number of fused-ring (bicyclic) bond motifs is 1. The van der Waals surface area contributed by atoms with E-state index in [2.05, 4.69) is 22.5 Å². The van der Waals surface area contributed by atoms with Crippen LogP contribution in [0.1, 0.15) is 0 Å². The number of nitro groups is 1. The van der Waals surface area contributed by atoms with Crippen LogP contribution in [-0.2, 0) is 6.54 Å². The van der Waals surface area contributed by atoms with Crippen LogP contribution in [0.5, 0.6) is 0 Å². The first-order valence-electron chi connectivity index (χ1n) is 4.60. The van der Waals surface area contributed by atoms with Crippen molar-refractivity contribution in [2.24, 2.45) is 0 Å². The van der Waals surface area contributed by atoms with Crippen molar-refractivity contribution in [2.45, 2.75) is 6.54 Å². The Morgan fingerprint density at radius 1 is 1.59 bits per heavy atom. The minimum atomic E-state index is -0.568. The fraction of sp³-hybridized carbons (Fsp3) is 0.100. The Hall–Kier alpha value is -1.89. The van der Waals surface area contributed by atoms with Crippen molar-refractivity contribution >= 4 is 32.7 Å². The van der Waals surface area contributed by atoms with Crippen LogP contribution in [0, 0.1) is 10.1 Å². The monoisotopic (exact) mass is 298 g/mol. The van der Waals surface area contributed by atoms with E-state index in [-0.39, 0.29) is 17.8 Å². The molecule has 0 aliphatic carbocycles. The molecular weight excluding hydrogens is 292 g/mol. The van der Waals surface area contributed by atoms with Gasteiger partial charge in [0.15, 0.2) is 5.58 Å². The summed E-state index contributed by atoms with van der Waals surface area (Å²) in [5.74, 6) is -0.568. The number of rotatable bonds is 3. The zero-order chi connectivity index (χ0) is 12.6. The highest BCUT2D eigenvalue weighted by Gasteiger charge is 2.13. The van der Waals surface area contributed by atoms with Gasteiger partial charge < -0.3 is 4.42 Å². The minimum Gasteiger partial charge on any atom is -0.407 e. The van der Waals surface area contributed by atoms with E-state index in [1.54, 1.807) is 0 Å². The molecule has 1 aromatic carbocycles. The number of non-ortho nitro benzene ring substituents is 1. The smallest absolute Gasteiger partial charge is 0.407 e. The molecule has 0 fully saturated rings. The van der Waals surface area contributed by atoms with Gasteiger partial charge in [0, 0.05) is 10.5 Å². The van der Waals surface area contributed by atoms with Gasteiger partial charge in [-0.3, -0.25) is 14.7 Å². The van der Waals surface area contributed by atoms with E-state index in [1.165, 1.54) is 22.8 Å². The molecular formula is C10H7BrN2O4. The number of nitro benzene ring substituents is 1. The first kappa shape index (κ1) is 11.6. The van der Waals surface area contributed by atoms with Crippen LogP contribution in [0.4, 0.5) is 5.69 Å². The molecule has 1 aromatic heterocycles. The number of halogens is 1. The zero-order valence-corrected chi connectivity index (χ0v) is 10.1. The van der Waals surface area contributed by atoms with Crippen molar-refractivity contribution in [3.05, 3.63) is 49.9 Å². The fourth-order valence-corrected chi connectivity index (χ4v) is 1.74. The maximum Gasteiger partial charge on any atom is 0.420 e. The lowest BCUT2D eigenvalue weighted by Gasteiger charge is -1.98. The second-order valence-corrected chi connectivity index (χ2v) is 4.50. The standard InChI is InChI=1S/C10H7BrN2O4/c1-6(11)5-12-8-3-2-7(13(15)16)4-9(8)17-10(12)14/h2-4H,1,5H2. The highest BCUT2D eigenvalue weighted by atomic mass is 79.9. The van der Waals surface area contributed by atoms with Gasteiger partial charge in [0.05, 0.1) is 23.1 Å². The summed E-state index contributed by atoms with van der Waals surface area (Å²) in [6, 6.07) is 4.03. The van der Waals surface area contributed by atoms with E-state index >= 15 is 0 Å². The lowest BCUT2D eigenvalue weighted by atomic mass is 10.3. The highest BCUT2D eigenvalue weighted by molar-refractivity contribution is 9.11. The summed E-state index contributed by atoms with van der Waals surface area (Å²) >= 11 is 3.15. The summed E-state index contributed by atoms with van der Waals surface area (Å²) in [6.07, 6.45) is 0. The fourth-order valence-electron chi connectivity index (χ4n) is 1.49. The molecule has 1 heterocycles. The molecule has 2 aromatic rings.